The van der Waals surface area contributed by atoms with E-state index >= 15 is 0 Å². The van der Waals surface area contributed by atoms with E-state index in [9.17, 15) is 4.79 Å². The molecule has 1 saturated heterocycles. The van der Waals surface area contributed by atoms with Gasteiger partial charge in [-0.2, -0.15) is 0 Å². The van der Waals surface area contributed by atoms with Gasteiger partial charge in [0.15, 0.2) is 5.76 Å². The highest BCUT2D eigenvalue weighted by Gasteiger charge is 2.29. The Hall–Kier alpha value is -3.63. The highest BCUT2D eigenvalue weighted by molar-refractivity contribution is 6.02. The van der Waals surface area contributed by atoms with Gasteiger partial charge in [-0.3, -0.25) is 24.7 Å². The molecule has 1 amide bonds. The molecular weight excluding hydrogens is 504 g/mol. The molecular formula is C30H42N8O2. The molecule has 1 atom stereocenters. The van der Waals surface area contributed by atoms with Gasteiger partial charge in [-0.25, -0.2) is 0 Å². The molecule has 0 radical (unpaired) electrons. The zero-order valence-corrected chi connectivity index (χ0v) is 24.7. The molecule has 214 valence electrons. The summed E-state index contributed by atoms with van der Waals surface area (Å²) < 4.78 is 5.79. The van der Waals surface area contributed by atoms with Crippen LogP contribution in [0.25, 0.3) is 0 Å². The largest absolute Gasteiger partial charge is 0.455 e. The third kappa shape index (κ3) is 6.08. The highest BCUT2D eigenvalue weighted by atomic mass is 16.4. The van der Waals surface area contributed by atoms with E-state index in [1.54, 1.807) is 12.3 Å². The van der Waals surface area contributed by atoms with Crippen molar-refractivity contribution in [1.82, 2.24) is 25.7 Å². The van der Waals surface area contributed by atoms with Crippen LogP contribution in [0.4, 0.5) is 11.4 Å². The van der Waals surface area contributed by atoms with Crippen molar-refractivity contribution in [2.75, 3.05) is 43.0 Å². The topological polar surface area (TPSA) is 101 Å². The van der Waals surface area contributed by atoms with Crippen LogP contribution in [0.3, 0.4) is 0 Å². The number of carbonyl (C=O) groups excluding carboxylic acids is 1. The summed E-state index contributed by atoms with van der Waals surface area (Å²) in [5.74, 6) is 0.861. The number of hydrazine groups is 2. The number of anilines is 2. The van der Waals surface area contributed by atoms with E-state index in [4.69, 9.17) is 9.41 Å². The Morgan fingerprint density at radius 3 is 2.52 bits per heavy atom. The van der Waals surface area contributed by atoms with E-state index in [1.165, 1.54) is 5.70 Å². The quantitative estimate of drug-likeness (QED) is 0.513. The number of dihydropyridines is 1. The second-order valence-electron chi connectivity index (χ2n) is 12.7. The summed E-state index contributed by atoms with van der Waals surface area (Å²) in [7, 11) is 0. The number of amides is 1. The van der Waals surface area contributed by atoms with Gasteiger partial charge in [-0.1, -0.05) is 20.8 Å². The predicted octanol–water partition coefficient (Wildman–Crippen LogP) is 4.20. The summed E-state index contributed by atoms with van der Waals surface area (Å²) in [5.41, 5.74) is 11.0. The van der Waals surface area contributed by atoms with Crippen molar-refractivity contribution in [3.63, 3.8) is 0 Å². The Bertz CT molecular complexity index is 1340. The molecule has 0 aliphatic carbocycles. The van der Waals surface area contributed by atoms with Crippen LogP contribution in [-0.2, 0) is 5.41 Å². The van der Waals surface area contributed by atoms with E-state index in [0.29, 0.717) is 12.2 Å². The minimum Gasteiger partial charge on any atom is -0.455 e. The number of rotatable bonds is 5. The Kier molecular flexibility index (Phi) is 7.50. The van der Waals surface area contributed by atoms with Crippen molar-refractivity contribution in [1.29, 1.82) is 0 Å². The lowest BCUT2D eigenvalue weighted by molar-refractivity contribution is 0.0786. The van der Waals surface area contributed by atoms with Gasteiger partial charge in [0.05, 0.1) is 41.2 Å². The van der Waals surface area contributed by atoms with E-state index in [0.717, 1.165) is 49.0 Å². The van der Waals surface area contributed by atoms with Crippen LogP contribution in [0, 0.1) is 12.8 Å². The number of carbonyl (C=O) groups is 1. The predicted molar refractivity (Wildman–Crippen MR) is 159 cm³/mol. The van der Waals surface area contributed by atoms with E-state index in [1.807, 2.05) is 57.3 Å². The summed E-state index contributed by atoms with van der Waals surface area (Å²) in [6.45, 7) is 19.7. The minimum atomic E-state index is -0.308. The Labute approximate surface area is 237 Å². The molecule has 3 aliphatic rings. The normalized spacial score (nSPS) is 20.3. The number of aryl methyl sites for hydroxylation is 1. The van der Waals surface area contributed by atoms with Gasteiger partial charge in [-0.15, -0.1) is 5.53 Å². The summed E-state index contributed by atoms with van der Waals surface area (Å²) >= 11 is 0. The molecule has 10 heteroatoms. The number of aromatic nitrogens is 1. The summed E-state index contributed by atoms with van der Waals surface area (Å²) in [6.07, 6.45) is 8.01. The van der Waals surface area contributed by atoms with Crippen molar-refractivity contribution in [3.05, 3.63) is 65.3 Å². The number of aliphatic imine (C=N–C) groups is 1. The number of nitrogens with zero attached hydrogens (tertiary/aromatic N) is 5. The molecule has 3 N–H and O–H groups in total. The number of hydrogen-bond donors (Lipinski definition) is 3. The molecule has 0 bridgehead atoms. The van der Waals surface area contributed by atoms with E-state index in [-0.39, 0.29) is 28.5 Å². The molecule has 10 nitrogen and oxygen atoms in total. The molecule has 0 spiro atoms. The minimum absolute atomic E-state index is 0.130. The van der Waals surface area contributed by atoms with Gasteiger partial charge in [0, 0.05) is 55.5 Å². The fourth-order valence-corrected chi connectivity index (χ4v) is 5.11. The summed E-state index contributed by atoms with van der Waals surface area (Å²) in [6, 6.07) is 5.45. The molecule has 0 aromatic carbocycles. The first-order chi connectivity index (χ1) is 18.9. The maximum absolute atomic E-state index is 12.8. The second kappa shape index (κ2) is 10.7. The maximum atomic E-state index is 12.8. The van der Waals surface area contributed by atoms with Crippen LogP contribution < -0.4 is 21.3 Å². The summed E-state index contributed by atoms with van der Waals surface area (Å²) in [5, 5.41) is 4.81. The number of furan rings is 1. The standard InChI is InChI=1S/C30H42N8O2/c1-20-25(15-22(17-32-20)33-28(39)26-8-9-27(40-26)29(2,3)4)38-19-24(34-35-38)21-14-23(18-31-16-21)36-10-12-37(13-11-36)30(5,6)7/h8-9,14-15,17-19,21,34-35H,10-13,16H2,1-7H3,(H,33,39). The fraction of sp³-hybridized carbons (Fsp3) is 0.500. The third-order valence-electron chi connectivity index (χ3n) is 7.63. The van der Waals surface area contributed by atoms with Gasteiger partial charge in [0.25, 0.3) is 5.91 Å². The molecule has 2 aromatic rings. The van der Waals surface area contributed by atoms with Crippen LogP contribution >= 0.6 is 0 Å². The Balaban J connectivity index is 1.26. The third-order valence-corrected chi connectivity index (χ3v) is 7.63. The first-order valence-electron chi connectivity index (χ1n) is 14.0. The number of pyridine rings is 1. The first-order valence-corrected chi connectivity index (χ1v) is 14.0. The molecule has 40 heavy (non-hydrogen) atoms. The lowest BCUT2D eigenvalue weighted by Crippen LogP contribution is -2.53. The zero-order valence-electron chi connectivity index (χ0n) is 24.7. The summed E-state index contributed by atoms with van der Waals surface area (Å²) in [4.78, 5) is 27.0. The maximum Gasteiger partial charge on any atom is 0.291 e. The van der Waals surface area contributed by atoms with E-state index in [2.05, 4.69) is 57.9 Å². The number of hydrogen-bond acceptors (Lipinski definition) is 9. The molecule has 2 aromatic heterocycles. The van der Waals surface area contributed by atoms with Crippen LogP contribution in [0.5, 0.6) is 0 Å². The molecule has 5 heterocycles. The van der Waals surface area contributed by atoms with Gasteiger partial charge < -0.3 is 20.1 Å². The van der Waals surface area contributed by atoms with Gasteiger partial charge in [0.1, 0.15) is 5.76 Å². The Morgan fingerprint density at radius 1 is 1.10 bits per heavy atom. The van der Waals surface area contributed by atoms with Crippen molar-refractivity contribution >= 4 is 23.5 Å². The molecule has 1 fully saturated rings. The smallest absolute Gasteiger partial charge is 0.291 e. The van der Waals surface area contributed by atoms with Gasteiger partial charge in [0.2, 0.25) is 0 Å². The van der Waals surface area contributed by atoms with Crippen LogP contribution in [0.2, 0.25) is 0 Å². The van der Waals surface area contributed by atoms with Crippen molar-refractivity contribution in [2.24, 2.45) is 10.9 Å². The van der Waals surface area contributed by atoms with Gasteiger partial charge in [-0.05, 0) is 52.0 Å². The van der Waals surface area contributed by atoms with Crippen molar-refractivity contribution in [2.45, 2.75) is 59.4 Å². The lowest BCUT2D eigenvalue weighted by Gasteiger charge is -2.43. The fourth-order valence-electron chi connectivity index (χ4n) is 5.11. The molecule has 3 aliphatic heterocycles. The Morgan fingerprint density at radius 2 is 1.85 bits per heavy atom. The van der Waals surface area contributed by atoms with E-state index < -0.39 is 0 Å². The lowest BCUT2D eigenvalue weighted by atomic mass is 9.94. The van der Waals surface area contributed by atoms with Crippen molar-refractivity contribution in [3.8, 4) is 0 Å². The average molecular weight is 547 g/mol. The SMILES string of the molecule is Cc1ncc(NC(=O)c2ccc(C(C)(C)C)o2)cc1N1C=C(C2C=C(N3CCN(C(C)(C)C)CC3)C=NC2)NN1. The monoisotopic (exact) mass is 546 g/mol. The number of nitrogens with one attached hydrogen (secondary N) is 3. The van der Waals surface area contributed by atoms with Crippen LogP contribution in [0.1, 0.15) is 63.6 Å². The van der Waals surface area contributed by atoms with Crippen LogP contribution in [0.15, 0.2) is 57.5 Å². The number of allylic oxidation sites excluding steroid dienone is 1. The first kappa shape index (κ1) is 27.9. The molecule has 5 rings (SSSR count). The number of piperazine rings is 1. The highest BCUT2D eigenvalue weighted by Crippen LogP contribution is 2.28. The van der Waals surface area contributed by atoms with Gasteiger partial charge >= 0.3 is 0 Å². The van der Waals surface area contributed by atoms with Crippen LogP contribution in [-0.4, -0.2) is 65.2 Å². The molecule has 0 saturated carbocycles. The van der Waals surface area contributed by atoms with Crippen molar-refractivity contribution < 1.29 is 9.21 Å². The zero-order chi connectivity index (χ0) is 28.7. The average Bonchev–Trinajstić information content (AvgIpc) is 3.60. The molecule has 1 unspecified atom stereocenters. The second-order valence-corrected chi connectivity index (χ2v) is 12.7.